The minimum absolute atomic E-state index is 0.0245. The average Bonchev–Trinajstić information content (AvgIpc) is 3.38. The van der Waals surface area contributed by atoms with E-state index in [2.05, 4.69) is 27.0 Å². The summed E-state index contributed by atoms with van der Waals surface area (Å²) in [6.45, 7) is 4.91. The van der Waals surface area contributed by atoms with Gasteiger partial charge in [0.2, 0.25) is 0 Å². The molecule has 1 fully saturated rings. The van der Waals surface area contributed by atoms with E-state index in [0.717, 1.165) is 30.1 Å². The standard InChI is InChI=1S/C21H20F3N7O/c1-12-5-6-29(10-15(12)16-7-13(2)28-20-26-11-27-31(16)20)19(32)17-8-25-18-4-3-14(9-30(17)18)21(22,23)24/h3-4,7-9,11-12,15H,5-6,10H2,1-2H3/t12-,15-/m1/s1. The Balaban J connectivity index is 1.49. The van der Waals surface area contributed by atoms with Crippen LogP contribution in [0.25, 0.3) is 11.4 Å². The van der Waals surface area contributed by atoms with E-state index in [-0.39, 0.29) is 29.1 Å². The number of amides is 1. The van der Waals surface area contributed by atoms with Crippen LogP contribution in [-0.2, 0) is 6.18 Å². The minimum Gasteiger partial charge on any atom is -0.337 e. The van der Waals surface area contributed by atoms with Crippen LogP contribution in [0, 0.1) is 12.8 Å². The molecule has 1 amide bonds. The molecular formula is C21H20F3N7O. The molecule has 0 saturated carbocycles. The molecular weight excluding hydrogens is 423 g/mol. The van der Waals surface area contributed by atoms with Gasteiger partial charge in [0.05, 0.1) is 17.5 Å². The first-order valence-corrected chi connectivity index (χ1v) is 10.2. The van der Waals surface area contributed by atoms with Crippen LogP contribution in [0.3, 0.4) is 0 Å². The molecule has 5 heterocycles. The summed E-state index contributed by atoms with van der Waals surface area (Å²) < 4.78 is 42.4. The molecule has 1 saturated heterocycles. The van der Waals surface area contributed by atoms with E-state index in [4.69, 9.17) is 0 Å². The number of alkyl halides is 3. The third-order valence-electron chi connectivity index (χ3n) is 6.08. The summed E-state index contributed by atoms with van der Waals surface area (Å²) in [5, 5.41) is 4.28. The maximum absolute atomic E-state index is 13.3. The van der Waals surface area contributed by atoms with Crippen molar-refractivity contribution in [3.8, 4) is 0 Å². The zero-order chi connectivity index (χ0) is 22.6. The van der Waals surface area contributed by atoms with Crippen LogP contribution in [0.15, 0.2) is 36.9 Å². The number of hydrogen-bond acceptors (Lipinski definition) is 5. The SMILES string of the molecule is Cc1cc([C@@H]2CN(C(=O)c3cnc4ccc(C(F)(F)F)cn34)CC[C@H]2C)n2ncnc2n1. The number of carbonyl (C=O) groups is 1. The molecule has 4 aromatic rings. The quantitative estimate of drug-likeness (QED) is 0.475. The Hall–Kier alpha value is -3.50. The van der Waals surface area contributed by atoms with Crippen molar-refractivity contribution < 1.29 is 18.0 Å². The molecule has 0 radical (unpaired) electrons. The van der Waals surface area contributed by atoms with Gasteiger partial charge in [-0.3, -0.25) is 9.20 Å². The second-order valence-electron chi connectivity index (χ2n) is 8.21. The molecule has 11 heteroatoms. The van der Waals surface area contributed by atoms with Crippen LogP contribution in [0.1, 0.15) is 46.7 Å². The van der Waals surface area contributed by atoms with Crippen LogP contribution in [0.5, 0.6) is 0 Å². The molecule has 0 spiro atoms. The van der Waals surface area contributed by atoms with E-state index in [0.29, 0.717) is 18.9 Å². The second kappa shape index (κ2) is 7.28. The monoisotopic (exact) mass is 443 g/mol. The van der Waals surface area contributed by atoms with Crippen molar-refractivity contribution in [3.63, 3.8) is 0 Å². The van der Waals surface area contributed by atoms with Crippen LogP contribution >= 0.6 is 0 Å². The van der Waals surface area contributed by atoms with Crippen molar-refractivity contribution in [1.29, 1.82) is 0 Å². The largest absolute Gasteiger partial charge is 0.417 e. The Bertz CT molecular complexity index is 1330. The summed E-state index contributed by atoms with van der Waals surface area (Å²) in [6, 6.07) is 4.17. The lowest BCUT2D eigenvalue weighted by molar-refractivity contribution is -0.137. The number of piperidine rings is 1. The molecule has 0 aliphatic carbocycles. The molecule has 2 atom stereocenters. The molecule has 32 heavy (non-hydrogen) atoms. The summed E-state index contributed by atoms with van der Waals surface area (Å²) >= 11 is 0. The summed E-state index contributed by atoms with van der Waals surface area (Å²) in [4.78, 5) is 27.7. The number of carbonyl (C=O) groups excluding carboxylic acids is 1. The fourth-order valence-corrected chi connectivity index (χ4v) is 4.33. The molecule has 0 N–H and O–H groups in total. The van der Waals surface area contributed by atoms with Crippen molar-refractivity contribution in [1.82, 2.24) is 33.9 Å². The van der Waals surface area contributed by atoms with Gasteiger partial charge in [0.15, 0.2) is 0 Å². The molecule has 5 rings (SSSR count). The van der Waals surface area contributed by atoms with Gasteiger partial charge < -0.3 is 4.90 Å². The molecule has 1 aliphatic rings. The highest BCUT2D eigenvalue weighted by Gasteiger charge is 2.34. The van der Waals surface area contributed by atoms with E-state index >= 15 is 0 Å². The van der Waals surface area contributed by atoms with Crippen molar-refractivity contribution in [2.45, 2.75) is 32.4 Å². The first-order chi connectivity index (χ1) is 15.2. The van der Waals surface area contributed by atoms with E-state index in [1.54, 1.807) is 9.42 Å². The Morgan fingerprint density at radius 3 is 2.81 bits per heavy atom. The lowest BCUT2D eigenvalue weighted by Crippen LogP contribution is -2.43. The predicted octanol–water partition coefficient (Wildman–Crippen LogP) is 3.37. The number of fused-ring (bicyclic) bond motifs is 2. The van der Waals surface area contributed by atoms with E-state index in [1.807, 2.05) is 13.0 Å². The molecule has 0 bridgehead atoms. The molecule has 1 aliphatic heterocycles. The number of nitrogens with zero attached hydrogens (tertiary/aromatic N) is 7. The van der Waals surface area contributed by atoms with Gasteiger partial charge in [0, 0.05) is 30.9 Å². The van der Waals surface area contributed by atoms with Gasteiger partial charge in [-0.15, -0.1) is 0 Å². The number of likely N-dealkylation sites (tertiary alicyclic amines) is 1. The Morgan fingerprint density at radius 2 is 2.03 bits per heavy atom. The van der Waals surface area contributed by atoms with Gasteiger partial charge in [-0.05, 0) is 37.5 Å². The summed E-state index contributed by atoms with van der Waals surface area (Å²) in [5.74, 6) is 0.391. The summed E-state index contributed by atoms with van der Waals surface area (Å²) in [6.07, 6.45) is -0.0640. The number of hydrogen-bond donors (Lipinski definition) is 0. The lowest BCUT2D eigenvalue weighted by atomic mass is 9.84. The highest BCUT2D eigenvalue weighted by atomic mass is 19.4. The number of pyridine rings is 1. The van der Waals surface area contributed by atoms with Crippen molar-refractivity contribution >= 4 is 17.3 Å². The van der Waals surface area contributed by atoms with Crippen molar-refractivity contribution in [2.24, 2.45) is 5.92 Å². The smallest absolute Gasteiger partial charge is 0.337 e. The number of aryl methyl sites for hydroxylation is 1. The fourth-order valence-electron chi connectivity index (χ4n) is 4.33. The van der Waals surface area contributed by atoms with Crippen LogP contribution in [0.2, 0.25) is 0 Å². The highest BCUT2D eigenvalue weighted by molar-refractivity contribution is 5.93. The van der Waals surface area contributed by atoms with Gasteiger partial charge >= 0.3 is 6.18 Å². The zero-order valence-electron chi connectivity index (χ0n) is 17.4. The fraction of sp³-hybridized carbons (Fsp3) is 0.381. The Kier molecular flexibility index (Phi) is 4.64. The normalized spacial score (nSPS) is 19.7. The summed E-state index contributed by atoms with van der Waals surface area (Å²) in [7, 11) is 0. The van der Waals surface area contributed by atoms with Gasteiger partial charge in [-0.2, -0.15) is 23.3 Å². The van der Waals surface area contributed by atoms with Crippen LogP contribution in [-0.4, -0.2) is 52.9 Å². The van der Waals surface area contributed by atoms with Crippen molar-refractivity contribution in [3.05, 3.63) is 59.6 Å². The van der Waals surface area contributed by atoms with E-state index in [1.165, 1.54) is 23.0 Å². The maximum atomic E-state index is 13.3. The lowest BCUT2D eigenvalue weighted by Gasteiger charge is -2.37. The minimum atomic E-state index is -4.51. The molecule has 0 aromatic carbocycles. The first kappa shape index (κ1) is 20.4. The molecule has 4 aromatic heterocycles. The van der Waals surface area contributed by atoms with Crippen molar-refractivity contribution in [2.75, 3.05) is 13.1 Å². The second-order valence-corrected chi connectivity index (χ2v) is 8.21. The maximum Gasteiger partial charge on any atom is 0.417 e. The molecule has 0 unspecified atom stereocenters. The average molecular weight is 443 g/mol. The predicted molar refractivity (Wildman–Crippen MR) is 108 cm³/mol. The van der Waals surface area contributed by atoms with Gasteiger partial charge in [0.1, 0.15) is 17.7 Å². The number of halogens is 3. The van der Waals surface area contributed by atoms with E-state index < -0.39 is 11.7 Å². The first-order valence-electron chi connectivity index (χ1n) is 10.2. The van der Waals surface area contributed by atoms with E-state index in [9.17, 15) is 18.0 Å². The van der Waals surface area contributed by atoms with Crippen LogP contribution < -0.4 is 0 Å². The number of imidazole rings is 1. The van der Waals surface area contributed by atoms with Crippen LogP contribution in [0.4, 0.5) is 13.2 Å². The zero-order valence-corrected chi connectivity index (χ0v) is 17.4. The topological polar surface area (TPSA) is 80.7 Å². The number of rotatable bonds is 2. The van der Waals surface area contributed by atoms with Gasteiger partial charge in [-0.1, -0.05) is 6.92 Å². The third-order valence-corrected chi connectivity index (χ3v) is 6.08. The molecule has 166 valence electrons. The van der Waals surface area contributed by atoms with Gasteiger partial charge in [0.25, 0.3) is 11.7 Å². The Labute approximate surface area is 180 Å². The molecule has 8 nitrogen and oxygen atoms in total. The third kappa shape index (κ3) is 3.37. The Morgan fingerprint density at radius 1 is 1.22 bits per heavy atom. The number of aromatic nitrogens is 6. The van der Waals surface area contributed by atoms with Gasteiger partial charge in [-0.25, -0.2) is 14.5 Å². The highest BCUT2D eigenvalue weighted by Crippen LogP contribution is 2.33. The summed E-state index contributed by atoms with van der Waals surface area (Å²) in [5.41, 5.74) is 1.28.